The first-order valence-electron chi connectivity index (χ1n) is 10.1. The molecule has 1 N–H and O–H groups in total. The van der Waals surface area contributed by atoms with Gasteiger partial charge in [-0.2, -0.15) is 5.26 Å². The number of carbonyl (C=O) groups excluding carboxylic acids is 1. The summed E-state index contributed by atoms with van der Waals surface area (Å²) < 4.78 is 6.45. The van der Waals surface area contributed by atoms with Gasteiger partial charge in [0.15, 0.2) is 0 Å². The zero-order valence-electron chi connectivity index (χ0n) is 16.1. The van der Waals surface area contributed by atoms with Gasteiger partial charge in [0.25, 0.3) is 0 Å². The van der Waals surface area contributed by atoms with E-state index >= 15 is 0 Å². The van der Waals surface area contributed by atoms with Gasteiger partial charge < -0.3 is 15.0 Å². The maximum Gasteiger partial charge on any atom is 0.220 e. The summed E-state index contributed by atoms with van der Waals surface area (Å²) in [5.41, 5.74) is 0.489. The molecule has 1 amide bonds. The van der Waals surface area contributed by atoms with E-state index in [9.17, 15) is 4.79 Å². The van der Waals surface area contributed by atoms with Gasteiger partial charge in [-0.15, -0.1) is 0 Å². The molecule has 3 fully saturated rings. The van der Waals surface area contributed by atoms with Crippen LogP contribution in [0.2, 0.25) is 0 Å². The predicted octanol–water partition coefficient (Wildman–Crippen LogP) is 2.49. The van der Waals surface area contributed by atoms with Crippen molar-refractivity contribution in [3.8, 4) is 6.07 Å². The Morgan fingerprint density at radius 3 is 3.07 bits per heavy atom. The van der Waals surface area contributed by atoms with E-state index in [1.807, 2.05) is 12.1 Å². The lowest BCUT2D eigenvalue weighted by molar-refractivity contribution is -0.121. The zero-order valence-corrected chi connectivity index (χ0v) is 16.1. The third-order valence-electron chi connectivity index (χ3n) is 6.47. The normalized spacial score (nSPS) is 31.2. The van der Waals surface area contributed by atoms with Crippen molar-refractivity contribution in [2.24, 2.45) is 17.8 Å². The minimum absolute atomic E-state index is 0.0897. The summed E-state index contributed by atoms with van der Waals surface area (Å²) in [6.07, 6.45) is 5.61. The molecule has 4 heterocycles. The Hall–Kier alpha value is -2.13. The number of nitrogens with zero attached hydrogens (tertiary/aromatic N) is 3. The average molecular weight is 368 g/mol. The fourth-order valence-corrected chi connectivity index (χ4v) is 5.02. The van der Waals surface area contributed by atoms with Crippen molar-refractivity contribution in [1.29, 1.82) is 5.26 Å². The molecular weight excluding hydrogens is 340 g/mol. The molecule has 144 valence electrons. The molecule has 1 aromatic rings. The number of ether oxygens (including phenoxy) is 1. The molecule has 27 heavy (non-hydrogen) atoms. The van der Waals surface area contributed by atoms with Gasteiger partial charge in [-0.25, -0.2) is 4.98 Å². The van der Waals surface area contributed by atoms with Crippen molar-refractivity contribution in [3.05, 3.63) is 23.9 Å². The molecule has 0 radical (unpaired) electrons. The van der Waals surface area contributed by atoms with Crippen LogP contribution in [0.3, 0.4) is 0 Å². The summed E-state index contributed by atoms with van der Waals surface area (Å²) in [7, 11) is 0. The van der Waals surface area contributed by atoms with Crippen molar-refractivity contribution in [2.45, 2.75) is 51.2 Å². The summed E-state index contributed by atoms with van der Waals surface area (Å²) in [5.74, 6) is 2.42. The average Bonchev–Trinajstić information content (AvgIpc) is 3.33. The Balaban J connectivity index is 1.40. The molecule has 0 saturated carbocycles. The molecule has 4 rings (SSSR count). The summed E-state index contributed by atoms with van der Waals surface area (Å²) >= 11 is 0. The van der Waals surface area contributed by atoms with Gasteiger partial charge in [-0.3, -0.25) is 4.79 Å². The number of amides is 1. The molecule has 1 aromatic heterocycles. The maximum atomic E-state index is 12.1. The number of hydrogen-bond donors (Lipinski definition) is 1. The predicted molar refractivity (Wildman–Crippen MR) is 102 cm³/mol. The van der Waals surface area contributed by atoms with Crippen LogP contribution in [0.4, 0.5) is 5.82 Å². The molecule has 4 atom stereocenters. The number of pyridine rings is 1. The van der Waals surface area contributed by atoms with E-state index < -0.39 is 0 Å². The van der Waals surface area contributed by atoms with Crippen molar-refractivity contribution < 1.29 is 9.53 Å². The summed E-state index contributed by atoms with van der Waals surface area (Å²) in [5, 5.41) is 12.1. The lowest BCUT2D eigenvalue weighted by Gasteiger charge is -2.29. The Kier molecular flexibility index (Phi) is 4.81. The van der Waals surface area contributed by atoms with Gasteiger partial charge in [-0.1, -0.05) is 13.8 Å². The third kappa shape index (κ3) is 3.41. The minimum Gasteiger partial charge on any atom is -0.369 e. The van der Waals surface area contributed by atoms with Gasteiger partial charge in [0, 0.05) is 44.1 Å². The molecule has 6 heteroatoms. The first-order chi connectivity index (χ1) is 13.0. The first-order valence-corrected chi connectivity index (χ1v) is 10.1. The standard InChI is InChI=1S/C21H28N4O2/c1-14(2)3-6-20(26)24-11-16-17-12-25(13-21(17)8-7-18(16)27-21)19-5-4-15(9-22)10-23-19/h4-5,10,14,16-18H,3,6-8,11-13H2,1-2H3,(H,24,26)/t16-,17+,18+,21+/m0/s1. The highest BCUT2D eigenvalue weighted by Crippen LogP contribution is 2.55. The zero-order chi connectivity index (χ0) is 19.0. The second-order valence-corrected chi connectivity index (χ2v) is 8.66. The summed E-state index contributed by atoms with van der Waals surface area (Å²) in [4.78, 5) is 18.9. The maximum absolute atomic E-state index is 12.1. The van der Waals surface area contributed by atoms with Gasteiger partial charge in [-0.05, 0) is 37.3 Å². The highest BCUT2D eigenvalue weighted by molar-refractivity contribution is 5.75. The smallest absolute Gasteiger partial charge is 0.220 e. The van der Waals surface area contributed by atoms with Crippen LogP contribution < -0.4 is 10.2 Å². The number of fused-ring (bicyclic) bond motifs is 1. The van der Waals surface area contributed by atoms with Crippen LogP contribution in [0.15, 0.2) is 18.3 Å². The lowest BCUT2D eigenvalue weighted by atomic mass is 9.73. The van der Waals surface area contributed by atoms with Crippen LogP contribution in [-0.4, -0.2) is 42.2 Å². The fourth-order valence-electron chi connectivity index (χ4n) is 5.02. The molecular formula is C21H28N4O2. The molecule has 3 aliphatic heterocycles. The Bertz CT molecular complexity index is 742. The van der Waals surface area contributed by atoms with Crippen molar-refractivity contribution >= 4 is 11.7 Å². The third-order valence-corrected chi connectivity index (χ3v) is 6.47. The van der Waals surface area contributed by atoms with Crippen molar-refractivity contribution in [3.63, 3.8) is 0 Å². The number of aromatic nitrogens is 1. The SMILES string of the molecule is CC(C)CCC(=O)NC[C@H]1[C@H]2CN(c3ccc(C#N)cn3)C[C@]23CC[C@H]1O3. The number of rotatable bonds is 6. The molecule has 6 nitrogen and oxygen atoms in total. The molecule has 3 saturated heterocycles. The van der Waals surface area contributed by atoms with E-state index in [-0.39, 0.29) is 17.6 Å². The molecule has 0 unspecified atom stereocenters. The van der Waals surface area contributed by atoms with E-state index in [0.717, 1.165) is 38.2 Å². The van der Waals surface area contributed by atoms with E-state index in [1.54, 1.807) is 6.20 Å². The molecule has 1 spiro atoms. The summed E-state index contributed by atoms with van der Waals surface area (Å²) in [6, 6.07) is 5.86. The molecule has 3 aliphatic rings. The highest BCUT2D eigenvalue weighted by Gasteiger charge is 2.63. The number of hydrogen-bond acceptors (Lipinski definition) is 5. The Labute approximate surface area is 160 Å². The number of nitrogens with one attached hydrogen (secondary N) is 1. The van der Waals surface area contributed by atoms with E-state index in [4.69, 9.17) is 10.00 Å². The molecule has 2 bridgehead atoms. The highest BCUT2D eigenvalue weighted by atomic mass is 16.5. The number of nitriles is 1. The van der Waals surface area contributed by atoms with Gasteiger partial charge in [0.1, 0.15) is 11.9 Å². The second kappa shape index (κ2) is 7.12. The largest absolute Gasteiger partial charge is 0.369 e. The van der Waals surface area contributed by atoms with Gasteiger partial charge in [0.2, 0.25) is 5.91 Å². The van der Waals surface area contributed by atoms with Gasteiger partial charge in [0.05, 0.1) is 17.3 Å². The van der Waals surface area contributed by atoms with E-state index in [2.05, 4.69) is 35.1 Å². The topological polar surface area (TPSA) is 78.3 Å². The van der Waals surface area contributed by atoms with E-state index in [0.29, 0.717) is 36.3 Å². The number of carbonyl (C=O) groups is 1. The minimum atomic E-state index is -0.0897. The quantitative estimate of drug-likeness (QED) is 0.835. The summed E-state index contributed by atoms with van der Waals surface area (Å²) in [6.45, 7) is 6.76. The monoisotopic (exact) mass is 368 g/mol. The van der Waals surface area contributed by atoms with Crippen LogP contribution >= 0.6 is 0 Å². The lowest BCUT2D eigenvalue weighted by Crippen LogP contribution is -2.41. The van der Waals surface area contributed by atoms with E-state index in [1.165, 1.54) is 0 Å². The van der Waals surface area contributed by atoms with Crippen molar-refractivity contribution in [1.82, 2.24) is 10.3 Å². The van der Waals surface area contributed by atoms with Crippen LogP contribution in [0, 0.1) is 29.1 Å². The van der Waals surface area contributed by atoms with Crippen LogP contribution in [0.5, 0.6) is 0 Å². The van der Waals surface area contributed by atoms with Gasteiger partial charge >= 0.3 is 0 Å². The molecule has 0 aliphatic carbocycles. The number of anilines is 1. The van der Waals surface area contributed by atoms with Crippen LogP contribution in [0.1, 0.15) is 45.1 Å². The Morgan fingerprint density at radius 1 is 1.52 bits per heavy atom. The van der Waals surface area contributed by atoms with Crippen molar-refractivity contribution in [2.75, 3.05) is 24.5 Å². The first kappa shape index (κ1) is 18.2. The Morgan fingerprint density at radius 2 is 2.37 bits per heavy atom. The second-order valence-electron chi connectivity index (χ2n) is 8.66. The van der Waals surface area contributed by atoms with Crippen LogP contribution in [0.25, 0.3) is 0 Å². The fraction of sp³-hybridized carbons (Fsp3) is 0.667. The van der Waals surface area contributed by atoms with Crippen LogP contribution in [-0.2, 0) is 9.53 Å². The molecule has 0 aromatic carbocycles.